The van der Waals surface area contributed by atoms with E-state index in [1.54, 1.807) is 12.0 Å². The SMILES string of the molecule is CNC(=O)[C@H]1CN(C(=O)c2cc3cc(OC)ccc3n2C)CCN1C(C)=O. The van der Waals surface area contributed by atoms with Gasteiger partial charge in [-0.2, -0.15) is 0 Å². The lowest BCUT2D eigenvalue weighted by Gasteiger charge is -2.39. The van der Waals surface area contributed by atoms with Crippen molar-refractivity contribution < 1.29 is 19.1 Å². The van der Waals surface area contributed by atoms with Crippen LogP contribution in [0.25, 0.3) is 10.9 Å². The van der Waals surface area contributed by atoms with Crippen molar-refractivity contribution in [1.29, 1.82) is 0 Å². The zero-order valence-corrected chi connectivity index (χ0v) is 16.0. The molecule has 1 saturated heterocycles. The maximum absolute atomic E-state index is 13.1. The van der Waals surface area contributed by atoms with Gasteiger partial charge in [-0.3, -0.25) is 14.4 Å². The molecule has 1 aromatic carbocycles. The zero-order chi connectivity index (χ0) is 19.7. The molecular weight excluding hydrogens is 348 g/mol. The van der Waals surface area contributed by atoms with Crippen molar-refractivity contribution in [3.8, 4) is 5.75 Å². The van der Waals surface area contributed by atoms with Gasteiger partial charge in [0.2, 0.25) is 11.8 Å². The summed E-state index contributed by atoms with van der Waals surface area (Å²) < 4.78 is 7.09. The molecule has 27 heavy (non-hydrogen) atoms. The van der Waals surface area contributed by atoms with Crippen LogP contribution in [-0.4, -0.2) is 71.9 Å². The molecule has 0 spiro atoms. The molecule has 0 saturated carbocycles. The first-order chi connectivity index (χ1) is 12.9. The quantitative estimate of drug-likeness (QED) is 0.856. The molecule has 3 rings (SSSR count). The predicted molar refractivity (Wildman–Crippen MR) is 101 cm³/mol. The lowest BCUT2D eigenvalue weighted by molar-refractivity contribution is -0.141. The number of methoxy groups -OCH3 is 1. The third-order valence-corrected chi connectivity index (χ3v) is 5.09. The normalized spacial score (nSPS) is 17.1. The highest BCUT2D eigenvalue weighted by molar-refractivity contribution is 5.99. The van der Waals surface area contributed by atoms with E-state index in [2.05, 4.69) is 5.32 Å². The molecule has 1 N–H and O–H groups in total. The van der Waals surface area contributed by atoms with Crippen LogP contribution in [0.1, 0.15) is 17.4 Å². The van der Waals surface area contributed by atoms with Crippen molar-refractivity contribution in [1.82, 2.24) is 19.7 Å². The molecule has 8 heteroatoms. The van der Waals surface area contributed by atoms with Crippen molar-refractivity contribution in [3.63, 3.8) is 0 Å². The van der Waals surface area contributed by atoms with E-state index in [0.29, 0.717) is 18.8 Å². The van der Waals surface area contributed by atoms with Gasteiger partial charge in [-0.05, 0) is 24.3 Å². The van der Waals surface area contributed by atoms with E-state index >= 15 is 0 Å². The van der Waals surface area contributed by atoms with Gasteiger partial charge in [0.05, 0.1) is 13.7 Å². The van der Waals surface area contributed by atoms with Crippen LogP contribution >= 0.6 is 0 Å². The molecule has 2 heterocycles. The number of fused-ring (bicyclic) bond motifs is 1. The number of carbonyl (C=O) groups excluding carboxylic acids is 3. The minimum absolute atomic E-state index is 0.162. The molecule has 1 aliphatic heterocycles. The number of aryl methyl sites for hydroxylation is 1. The molecule has 0 bridgehead atoms. The number of ether oxygens (including phenoxy) is 1. The maximum atomic E-state index is 13.1. The van der Waals surface area contributed by atoms with Crippen LogP contribution in [0, 0.1) is 0 Å². The van der Waals surface area contributed by atoms with Gasteiger partial charge < -0.3 is 24.4 Å². The second-order valence-electron chi connectivity index (χ2n) is 6.61. The minimum atomic E-state index is -0.681. The van der Waals surface area contributed by atoms with Crippen molar-refractivity contribution in [2.75, 3.05) is 33.8 Å². The van der Waals surface area contributed by atoms with Crippen LogP contribution in [0.2, 0.25) is 0 Å². The van der Waals surface area contributed by atoms with Gasteiger partial charge in [-0.25, -0.2) is 0 Å². The summed E-state index contributed by atoms with van der Waals surface area (Å²) in [5.74, 6) is 0.114. The standard InChI is InChI=1S/C19H24N4O4/c1-12(24)23-8-7-22(11-17(23)18(25)20-2)19(26)16-10-13-9-14(27-4)5-6-15(13)21(16)3/h5-6,9-10,17H,7-8,11H2,1-4H3,(H,20,25)/t17-/m1/s1. The van der Waals surface area contributed by atoms with E-state index in [1.165, 1.54) is 18.9 Å². The molecule has 1 aromatic heterocycles. The number of rotatable bonds is 3. The van der Waals surface area contributed by atoms with E-state index < -0.39 is 6.04 Å². The largest absolute Gasteiger partial charge is 0.497 e. The van der Waals surface area contributed by atoms with Crippen molar-refractivity contribution in [2.45, 2.75) is 13.0 Å². The van der Waals surface area contributed by atoms with Crippen LogP contribution in [0.15, 0.2) is 24.3 Å². The van der Waals surface area contributed by atoms with Gasteiger partial charge >= 0.3 is 0 Å². The highest BCUT2D eigenvalue weighted by Crippen LogP contribution is 2.25. The lowest BCUT2D eigenvalue weighted by atomic mass is 10.1. The predicted octanol–water partition coefficient (Wildman–Crippen LogP) is 0.606. The molecular formula is C19H24N4O4. The monoisotopic (exact) mass is 372 g/mol. The molecule has 3 amide bonds. The first-order valence-corrected chi connectivity index (χ1v) is 8.79. The van der Waals surface area contributed by atoms with Gasteiger partial charge in [0.15, 0.2) is 0 Å². The Morgan fingerprint density at radius 1 is 1.19 bits per heavy atom. The topological polar surface area (TPSA) is 83.9 Å². The van der Waals surface area contributed by atoms with Crippen LogP contribution in [0.3, 0.4) is 0 Å². The fourth-order valence-electron chi connectivity index (χ4n) is 3.56. The summed E-state index contributed by atoms with van der Waals surface area (Å²) in [4.78, 5) is 40.3. The number of nitrogens with one attached hydrogen (secondary N) is 1. The highest BCUT2D eigenvalue weighted by Gasteiger charge is 2.36. The van der Waals surface area contributed by atoms with Gasteiger partial charge in [0.25, 0.3) is 5.91 Å². The molecule has 0 aliphatic carbocycles. The average Bonchev–Trinajstić information content (AvgIpc) is 3.01. The van der Waals surface area contributed by atoms with E-state index in [9.17, 15) is 14.4 Å². The molecule has 0 radical (unpaired) electrons. The summed E-state index contributed by atoms with van der Waals surface area (Å²) in [5, 5.41) is 3.48. The maximum Gasteiger partial charge on any atom is 0.270 e. The fraction of sp³-hybridized carbons (Fsp3) is 0.421. The third-order valence-electron chi connectivity index (χ3n) is 5.09. The Hall–Kier alpha value is -3.03. The van der Waals surface area contributed by atoms with Gasteiger partial charge in [0, 0.05) is 45.0 Å². The van der Waals surface area contributed by atoms with Crippen molar-refractivity contribution in [3.05, 3.63) is 30.0 Å². The number of hydrogen-bond acceptors (Lipinski definition) is 4. The number of carbonyl (C=O) groups is 3. The number of benzene rings is 1. The number of amides is 3. The van der Waals surface area contributed by atoms with E-state index in [0.717, 1.165) is 16.7 Å². The van der Waals surface area contributed by atoms with Gasteiger partial charge in [-0.1, -0.05) is 0 Å². The highest BCUT2D eigenvalue weighted by atomic mass is 16.5. The molecule has 0 unspecified atom stereocenters. The number of aromatic nitrogens is 1. The lowest BCUT2D eigenvalue weighted by Crippen LogP contribution is -2.61. The van der Waals surface area contributed by atoms with Gasteiger partial charge in [0.1, 0.15) is 17.5 Å². The van der Waals surface area contributed by atoms with Crippen LogP contribution in [0.5, 0.6) is 5.75 Å². The summed E-state index contributed by atoms with van der Waals surface area (Å²) >= 11 is 0. The number of nitrogens with zero attached hydrogens (tertiary/aromatic N) is 3. The number of piperazine rings is 1. The zero-order valence-electron chi connectivity index (χ0n) is 16.0. The summed E-state index contributed by atoms with van der Waals surface area (Å²) in [6, 6.07) is 6.79. The smallest absolute Gasteiger partial charge is 0.270 e. The Morgan fingerprint density at radius 2 is 1.93 bits per heavy atom. The van der Waals surface area contributed by atoms with Crippen LogP contribution in [-0.2, 0) is 16.6 Å². The Balaban J connectivity index is 1.89. The first kappa shape index (κ1) is 18.8. The van der Waals surface area contributed by atoms with E-state index in [4.69, 9.17) is 4.74 Å². The summed E-state index contributed by atoms with van der Waals surface area (Å²) in [7, 11) is 4.96. The summed E-state index contributed by atoms with van der Waals surface area (Å²) in [6.07, 6.45) is 0. The Kier molecular flexibility index (Phi) is 5.07. The summed E-state index contributed by atoms with van der Waals surface area (Å²) in [6.45, 7) is 2.32. The fourth-order valence-corrected chi connectivity index (χ4v) is 3.56. The van der Waals surface area contributed by atoms with Gasteiger partial charge in [-0.15, -0.1) is 0 Å². The molecule has 2 aromatic rings. The third kappa shape index (κ3) is 3.34. The van der Waals surface area contributed by atoms with Crippen LogP contribution < -0.4 is 10.1 Å². The average molecular weight is 372 g/mol. The molecule has 1 aliphatic rings. The number of hydrogen-bond donors (Lipinski definition) is 1. The Bertz CT molecular complexity index is 904. The molecule has 1 fully saturated rings. The second-order valence-corrected chi connectivity index (χ2v) is 6.61. The minimum Gasteiger partial charge on any atom is -0.497 e. The van der Waals surface area contributed by atoms with E-state index in [-0.39, 0.29) is 24.3 Å². The van der Waals surface area contributed by atoms with E-state index in [1.807, 2.05) is 35.9 Å². The summed E-state index contributed by atoms with van der Waals surface area (Å²) in [5.41, 5.74) is 1.45. The molecule has 144 valence electrons. The second kappa shape index (κ2) is 7.30. The van der Waals surface area contributed by atoms with Crippen LogP contribution in [0.4, 0.5) is 0 Å². The Morgan fingerprint density at radius 3 is 2.56 bits per heavy atom. The Labute approximate surface area is 157 Å². The number of likely N-dealkylation sites (N-methyl/N-ethyl adjacent to an activating group) is 1. The first-order valence-electron chi connectivity index (χ1n) is 8.79. The van der Waals surface area contributed by atoms with Crippen molar-refractivity contribution >= 4 is 28.6 Å². The van der Waals surface area contributed by atoms with Crippen molar-refractivity contribution in [2.24, 2.45) is 7.05 Å². The molecule has 1 atom stereocenters. The molecule has 8 nitrogen and oxygen atoms in total.